The maximum atomic E-state index is 11.2. The van der Waals surface area contributed by atoms with E-state index < -0.39 is 0 Å². The first-order chi connectivity index (χ1) is 9.78. The molecule has 0 aliphatic carbocycles. The zero-order chi connectivity index (χ0) is 14.2. The summed E-state index contributed by atoms with van der Waals surface area (Å²) in [6.07, 6.45) is 0.382. The molecule has 0 radical (unpaired) electrons. The van der Waals surface area contributed by atoms with Gasteiger partial charge in [-0.25, -0.2) is 0 Å². The summed E-state index contributed by atoms with van der Waals surface area (Å²) in [5.41, 5.74) is 0. The van der Waals surface area contributed by atoms with E-state index in [9.17, 15) is 4.79 Å². The average Bonchev–Trinajstić information content (AvgIpc) is 2.92. The zero-order valence-electron chi connectivity index (χ0n) is 11.9. The van der Waals surface area contributed by atoms with Crippen molar-refractivity contribution in [2.24, 2.45) is 0 Å². The summed E-state index contributed by atoms with van der Waals surface area (Å²) in [4.78, 5) is 16.0. The summed E-state index contributed by atoms with van der Waals surface area (Å²) < 4.78 is 4.67. The van der Waals surface area contributed by atoms with Crippen molar-refractivity contribution in [3.63, 3.8) is 0 Å². The highest BCUT2D eigenvalue weighted by atomic mass is 32.2. The van der Waals surface area contributed by atoms with Gasteiger partial charge in [-0.1, -0.05) is 0 Å². The van der Waals surface area contributed by atoms with E-state index in [1.807, 2.05) is 17.8 Å². The van der Waals surface area contributed by atoms with E-state index in [-0.39, 0.29) is 5.97 Å². The van der Waals surface area contributed by atoms with E-state index in [0.717, 1.165) is 24.5 Å². The van der Waals surface area contributed by atoms with Crippen LogP contribution in [0.1, 0.15) is 9.75 Å². The molecule has 0 aromatic carbocycles. The number of nitrogens with one attached hydrogen (secondary N) is 1. The van der Waals surface area contributed by atoms with Crippen LogP contribution < -0.4 is 5.32 Å². The van der Waals surface area contributed by atoms with Crippen molar-refractivity contribution in [1.82, 2.24) is 10.2 Å². The third-order valence-electron chi connectivity index (χ3n) is 3.27. The Labute approximate surface area is 128 Å². The van der Waals surface area contributed by atoms with Crippen molar-refractivity contribution < 1.29 is 9.53 Å². The average molecular weight is 314 g/mol. The topological polar surface area (TPSA) is 41.6 Å². The Hall–Kier alpha value is -0.560. The fourth-order valence-corrected chi connectivity index (χ4v) is 4.05. The molecule has 1 aromatic rings. The summed E-state index contributed by atoms with van der Waals surface area (Å²) in [6, 6.07) is 4.11. The first kappa shape index (κ1) is 15.8. The number of esters is 1. The molecule has 4 nitrogen and oxygen atoms in total. The number of methoxy groups -OCH3 is 1. The van der Waals surface area contributed by atoms with Gasteiger partial charge in [0.15, 0.2) is 0 Å². The summed E-state index contributed by atoms with van der Waals surface area (Å²) in [7, 11) is 1.43. The molecule has 1 aliphatic rings. The van der Waals surface area contributed by atoms with Crippen LogP contribution in [0.25, 0.3) is 0 Å². The van der Waals surface area contributed by atoms with Crippen LogP contribution in [0, 0.1) is 0 Å². The molecule has 0 saturated carbocycles. The van der Waals surface area contributed by atoms with Gasteiger partial charge in [0, 0.05) is 54.0 Å². The molecule has 1 saturated heterocycles. The summed E-state index contributed by atoms with van der Waals surface area (Å²) in [6.45, 7) is 5.47. The Balaban J connectivity index is 1.62. The van der Waals surface area contributed by atoms with Crippen LogP contribution in [0.2, 0.25) is 0 Å². The molecule has 2 rings (SSSR count). The van der Waals surface area contributed by atoms with Gasteiger partial charge < -0.3 is 15.0 Å². The maximum Gasteiger partial charge on any atom is 0.310 e. The van der Waals surface area contributed by atoms with E-state index >= 15 is 0 Å². The van der Waals surface area contributed by atoms with Gasteiger partial charge in [-0.3, -0.25) is 4.79 Å². The Kier molecular flexibility index (Phi) is 6.86. The first-order valence-electron chi connectivity index (χ1n) is 6.93. The minimum absolute atomic E-state index is 0.172. The fraction of sp³-hybridized carbons (Fsp3) is 0.643. The second-order valence-electron chi connectivity index (χ2n) is 4.75. The normalized spacial score (nSPS) is 16.2. The summed E-state index contributed by atoms with van der Waals surface area (Å²) in [5.74, 6) is 2.36. The number of nitrogens with zero attached hydrogens (tertiary/aromatic N) is 1. The lowest BCUT2D eigenvalue weighted by Crippen LogP contribution is -2.37. The number of rotatable bonds is 7. The lowest BCUT2D eigenvalue weighted by molar-refractivity contribution is -0.139. The van der Waals surface area contributed by atoms with Gasteiger partial charge in [0.1, 0.15) is 0 Å². The second-order valence-corrected chi connectivity index (χ2v) is 7.23. The van der Waals surface area contributed by atoms with Crippen LogP contribution in [-0.4, -0.2) is 55.7 Å². The molecule has 0 atom stereocenters. The standard InChI is InChI=1S/C14H22N2O2S2/c1-18-14(17)10-12-2-3-13(20-12)11-15-4-5-16-6-8-19-9-7-16/h2-3,15H,4-11H2,1H3. The van der Waals surface area contributed by atoms with Crippen molar-refractivity contribution >= 4 is 29.1 Å². The van der Waals surface area contributed by atoms with Gasteiger partial charge in [-0.05, 0) is 12.1 Å². The van der Waals surface area contributed by atoms with E-state index in [1.165, 1.54) is 36.6 Å². The van der Waals surface area contributed by atoms with Gasteiger partial charge >= 0.3 is 5.97 Å². The monoisotopic (exact) mass is 314 g/mol. The molecule has 1 N–H and O–H groups in total. The van der Waals surface area contributed by atoms with Crippen LogP contribution in [-0.2, 0) is 22.5 Å². The van der Waals surface area contributed by atoms with Gasteiger partial charge in [-0.2, -0.15) is 11.8 Å². The molecular formula is C14H22N2O2S2. The van der Waals surface area contributed by atoms with Crippen molar-refractivity contribution in [3.8, 4) is 0 Å². The highest BCUT2D eigenvalue weighted by molar-refractivity contribution is 7.99. The molecule has 2 heterocycles. The van der Waals surface area contributed by atoms with Gasteiger partial charge in [-0.15, -0.1) is 11.3 Å². The van der Waals surface area contributed by atoms with Crippen LogP contribution in [0.15, 0.2) is 12.1 Å². The Bertz CT molecular complexity index is 417. The fourth-order valence-electron chi connectivity index (χ4n) is 2.10. The highest BCUT2D eigenvalue weighted by Gasteiger charge is 2.09. The summed E-state index contributed by atoms with van der Waals surface area (Å²) >= 11 is 3.73. The second kappa shape index (κ2) is 8.67. The number of carbonyl (C=O) groups excluding carboxylic acids is 1. The van der Waals surface area contributed by atoms with Crippen LogP contribution in [0.3, 0.4) is 0 Å². The number of thiophene rings is 1. The van der Waals surface area contributed by atoms with Crippen molar-refractivity contribution in [3.05, 3.63) is 21.9 Å². The third-order valence-corrected chi connectivity index (χ3v) is 5.30. The van der Waals surface area contributed by atoms with Crippen LogP contribution >= 0.6 is 23.1 Å². The van der Waals surface area contributed by atoms with Crippen LogP contribution in [0.5, 0.6) is 0 Å². The van der Waals surface area contributed by atoms with Gasteiger partial charge in [0.2, 0.25) is 0 Å². The van der Waals surface area contributed by atoms with Crippen molar-refractivity contribution in [2.45, 2.75) is 13.0 Å². The van der Waals surface area contributed by atoms with Crippen molar-refractivity contribution in [1.29, 1.82) is 0 Å². The molecule has 0 bridgehead atoms. The van der Waals surface area contributed by atoms with Crippen LogP contribution in [0.4, 0.5) is 0 Å². The minimum Gasteiger partial charge on any atom is -0.469 e. The van der Waals surface area contributed by atoms with Gasteiger partial charge in [0.25, 0.3) is 0 Å². The SMILES string of the molecule is COC(=O)Cc1ccc(CNCCN2CCSCC2)s1. The highest BCUT2D eigenvalue weighted by Crippen LogP contribution is 2.17. The predicted molar refractivity (Wildman–Crippen MR) is 85.5 cm³/mol. The predicted octanol–water partition coefficient (Wildman–Crippen LogP) is 1.60. The zero-order valence-corrected chi connectivity index (χ0v) is 13.5. The molecule has 1 aromatic heterocycles. The molecule has 20 heavy (non-hydrogen) atoms. The molecule has 0 amide bonds. The molecule has 1 fully saturated rings. The molecule has 6 heteroatoms. The lowest BCUT2D eigenvalue weighted by atomic mass is 10.3. The number of hydrogen-bond donors (Lipinski definition) is 1. The van der Waals surface area contributed by atoms with Crippen molar-refractivity contribution in [2.75, 3.05) is 44.8 Å². The van der Waals surface area contributed by atoms with Gasteiger partial charge in [0.05, 0.1) is 13.5 Å². The molecular weight excluding hydrogens is 292 g/mol. The van der Waals surface area contributed by atoms with E-state index in [1.54, 1.807) is 11.3 Å². The number of ether oxygens (including phenoxy) is 1. The lowest BCUT2D eigenvalue weighted by Gasteiger charge is -2.26. The van der Waals surface area contributed by atoms with E-state index in [0.29, 0.717) is 6.42 Å². The Morgan fingerprint density at radius 3 is 2.85 bits per heavy atom. The molecule has 112 valence electrons. The summed E-state index contributed by atoms with van der Waals surface area (Å²) in [5, 5.41) is 3.48. The third kappa shape index (κ3) is 5.44. The minimum atomic E-state index is -0.172. The Morgan fingerprint density at radius 2 is 2.10 bits per heavy atom. The number of carbonyl (C=O) groups is 1. The quantitative estimate of drug-likeness (QED) is 0.612. The number of thioether (sulfide) groups is 1. The van der Waals surface area contributed by atoms with E-state index in [2.05, 4.69) is 21.0 Å². The molecule has 0 spiro atoms. The molecule has 1 aliphatic heterocycles. The smallest absolute Gasteiger partial charge is 0.310 e. The maximum absolute atomic E-state index is 11.2. The number of hydrogen-bond acceptors (Lipinski definition) is 6. The molecule has 0 unspecified atom stereocenters. The first-order valence-corrected chi connectivity index (χ1v) is 8.90. The van der Waals surface area contributed by atoms with E-state index in [4.69, 9.17) is 0 Å². The largest absolute Gasteiger partial charge is 0.469 e. The Morgan fingerprint density at radius 1 is 1.35 bits per heavy atom.